The second kappa shape index (κ2) is 14.1. The van der Waals surface area contributed by atoms with E-state index in [0.717, 1.165) is 18.4 Å². The van der Waals surface area contributed by atoms with E-state index in [1.165, 1.54) is 25.3 Å². The molecule has 4 rings (SSSR count). The number of ether oxygens (including phenoxy) is 2. The zero-order valence-electron chi connectivity index (χ0n) is 22.3. The minimum absolute atomic E-state index is 0.0421. The molecule has 4 aromatic rings. The molecular formula is C29H30ClN3O7S. The Bertz CT molecular complexity index is 1540. The van der Waals surface area contributed by atoms with Gasteiger partial charge in [0.2, 0.25) is 11.8 Å². The first-order valence-corrected chi connectivity index (χ1v) is 14.8. The van der Waals surface area contributed by atoms with E-state index in [4.69, 9.17) is 30.7 Å². The first-order valence-electron chi connectivity index (χ1n) is 12.9. The van der Waals surface area contributed by atoms with Crippen LogP contribution in [0.2, 0.25) is 5.02 Å². The third-order valence-electron chi connectivity index (χ3n) is 6.43. The average molecular weight is 600 g/mol. The second-order valence-corrected chi connectivity index (χ2v) is 11.9. The van der Waals surface area contributed by atoms with Crippen LogP contribution >= 0.6 is 11.6 Å². The van der Waals surface area contributed by atoms with Gasteiger partial charge in [0.05, 0.1) is 17.3 Å². The minimum atomic E-state index is -3.99. The van der Waals surface area contributed by atoms with Gasteiger partial charge in [-0.25, -0.2) is 13.9 Å². The number of unbranched alkanes of at least 4 members (excludes halogenated alkanes) is 1. The number of nitrogens with zero attached hydrogens (tertiary/aromatic N) is 2. The number of aromatic nitrogens is 2. The zero-order valence-corrected chi connectivity index (χ0v) is 23.9. The second-order valence-electron chi connectivity index (χ2n) is 9.25. The maximum Gasteiger partial charge on any atom is 0.254 e. The fourth-order valence-corrected chi connectivity index (χ4v) is 6.15. The van der Waals surface area contributed by atoms with Gasteiger partial charge in [-0.2, -0.15) is 0 Å². The summed E-state index contributed by atoms with van der Waals surface area (Å²) in [5.41, 5.74) is 3.37. The number of nitrogens with one attached hydrogen (secondary N) is 1. The Labute approximate surface area is 243 Å². The summed E-state index contributed by atoms with van der Waals surface area (Å²) in [6, 6.07) is 21.0. The number of hydrogen-bond acceptors (Lipinski definition) is 9. The van der Waals surface area contributed by atoms with Crippen molar-refractivity contribution in [1.29, 1.82) is 0 Å². The maximum atomic E-state index is 13.6. The molecule has 0 aliphatic carbocycles. The Morgan fingerprint density at radius 2 is 1.78 bits per heavy atom. The summed E-state index contributed by atoms with van der Waals surface area (Å²) in [7, 11) is -2.55. The van der Waals surface area contributed by atoms with Gasteiger partial charge >= 0.3 is 0 Å². The molecule has 1 amide bonds. The highest BCUT2D eigenvalue weighted by Gasteiger charge is 2.30. The first-order chi connectivity index (χ1) is 19.8. The number of halogens is 1. The largest absolute Gasteiger partial charge is 0.493 e. The van der Waals surface area contributed by atoms with Crippen LogP contribution in [0.5, 0.6) is 11.5 Å². The van der Waals surface area contributed by atoms with E-state index in [2.05, 4.69) is 10.2 Å². The third kappa shape index (κ3) is 8.06. The Morgan fingerprint density at radius 3 is 2.49 bits per heavy atom. The van der Waals surface area contributed by atoms with Gasteiger partial charge in [-0.15, -0.1) is 10.2 Å². The summed E-state index contributed by atoms with van der Waals surface area (Å²) < 4.78 is 44.1. The van der Waals surface area contributed by atoms with E-state index >= 15 is 0 Å². The number of benzene rings is 3. The predicted molar refractivity (Wildman–Crippen MR) is 152 cm³/mol. The Morgan fingerprint density at radius 1 is 1.02 bits per heavy atom. The number of hydrogen-bond donors (Lipinski definition) is 2. The molecule has 0 fully saturated rings. The van der Waals surface area contributed by atoms with Crippen LogP contribution in [0.1, 0.15) is 37.1 Å². The lowest BCUT2D eigenvalue weighted by Crippen LogP contribution is -2.30. The standard InChI is InChI=1S/C29H30ClN3O7S/c1-38-25-16-15-24(17-26(25)39-19-28-31-32-29(40-28)21-11-13-22(30)14-12-21)41(36,37)23(18-27(34)33-35)10-6-5-9-20-7-3-2-4-8-20/h2-4,7-8,11-17,23,35H,5-6,9-10,18-19H2,1H3,(H,33,34). The van der Waals surface area contributed by atoms with E-state index < -0.39 is 21.0 Å². The number of hydroxylamine groups is 1. The molecule has 10 nitrogen and oxygen atoms in total. The zero-order chi connectivity index (χ0) is 29.2. The summed E-state index contributed by atoms with van der Waals surface area (Å²) in [6.45, 7) is -0.143. The van der Waals surface area contributed by atoms with E-state index in [9.17, 15) is 13.2 Å². The van der Waals surface area contributed by atoms with E-state index in [1.807, 2.05) is 30.3 Å². The summed E-state index contributed by atoms with van der Waals surface area (Å²) in [5.74, 6) is 0.115. The number of aryl methyl sites for hydroxylation is 1. The van der Waals surface area contributed by atoms with Crippen molar-refractivity contribution >= 4 is 27.3 Å². The maximum absolute atomic E-state index is 13.6. The van der Waals surface area contributed by atoms with Crippen molar-refractivity contribution in [2.75, 3.05) is 7.11 Å². The van der Waals surface area contributed by atoms with Crippen molar-refractivity contribution < 1.29 is 32.3 Å². The quantitative estimate of drug-likeness (QED) is 0.110. The van der Waals surface area contributed by atoms with Crippen molar-refractivity contribution in [2.45, 2.75) is 48.9 Å². The van der Waals surface area contributed by atoms with Gasteiger partial charge in [-0.3, -0.25) is 10.0 Å². The Balaban J connectivity index is 1.48. The molecule has 1 unspecified atom stereocenters. The molecule has 12 heteroatoms. The molecule has 0 aliphatic heterocycles. The van der Waals surface area contributed by atoms with Crippen LogP contribution in [0.15, 0.2) is 82.1 Å². The fourth-order valence-electron chi connectivity index (χ4n) is 4.26. The number of carbonyl (C=O) groups excluding carboxylic acids is 1. The smallest absolute Gasteiger partial charge is 0.254 e. The molecule has 0 saturated carbocycles. The monoisotopic (exact) mass is 599 g/mol. The molecule has 0 aliphatic rings. The van der Waals surface area contributed by atoms with Gasteiger partial charge in [0.1, 0.15) is 0 Å². The molecule has 216 valence electrons. The molecule has 1 heterocycles. The van der Waals surface area contributed by atoms with Gasteiger partial charge in [0.15, 0.2) is 27.9 Å². The van der Waals surface area contributed by atoms with Gasteiger partial charge in [0.25, 0.3) is 5.89 Å². The summed E-state index contributed by atoms with van der Waals surface area (Å²) in [5, 5.41) is 16.6. The van der Waals surface area contributed by atoms with Gasteiger partial charge < -0.3 is 13.9 Å². The van der Waals surface area contributed by atoms with Crippen LogP contribution in [0.25, 0.3) is 11.5 Å². The molecule has 1 atom stereocenters. The van der Waals surface area contributed by atoms with Crippen LogP contribution in [0.4, 0.5) is 0 Å². The molecule has 41 heavy (non-hydrogen) atoms. The number of carbonyl (C=O) groups is 1. The van der Waals surface area contributed by atoms with Gasteiger partial charge in [-0.1, -0.05) is 48.4 Å². The number of methoxy groups -OCH3 is 1. The molecule has 3 aromatic carbocycles. The number of rotatable bonds is 14. The molecule has 0 radical (unpaired) electrons. The van der Waals surface area contributed by atoms with Crippen LogP contribution < -0.4 is 15.0 Å². The highest BCUT2D eigenvalue weighted by Crippen LogP contribution is 2.33. The molecule has 0 spiro atoms. The van der Waals surface area contributed by atoms with Crippen molar-refractivity contribution in [3.8, 4) is 23.0 Å². The van der Waals surface area contributed by atoms with Crippen molar-refractivity contribution in [2.24, 2.45) is 0 Å². The van der Waals surface area contributed by atoms with Crippen molar-refractivity contribution in [3.05, 3.63) is 89.3 Å². The fraction of sp³-hybridized carbons (Fsp3) is 0.276. The Hall–Kier alpha value is -3.93. The average Bonchev–Trinajstić information content (AvgIpc) is 3.47. The molecule has 2 N–H and O–H groups in total. The number of sulfone groups is 1. The molecule has 0 bridgehead atoms. The normalized spacial score (nSPS) is 12.1. The van der Waals surface area contributed by atoms with Crippen LogP contribution in [0, 0.1) is 0 Å². The third-order valence-corrected chi connectivity index (χ3v) is 8.88. The highest BCUT2D eigenvalue weighted by atomic mass is 35.5. The summed E-state index contributed by atoms with van der Waals surface area (Å²) in [4.78, 5) is 12.0. The van der Waals surface area contributed by atoms with E-state index in [1.54, 1.807) is 29.7 Å². The summed E-state index contributed by atoms with van der Waals surface area (Å²) >= 11 is 5.93. The van der Waals surface area contributed by atoms with E-state index in [-0.39, 0.29) is 41.9 Å². The van der Waals surface area contributed by atoms with Crippen LogP contribution in [-0.2, 0) is 27.7 Å². The lowest BCUT2D eigenvalue weighted by molar-refractivity contribution is -0.129. The minimum Gasteiger partial charge on any atom is -0.493 e. The number of amides is 1. The Kier molecular flexibility index (Phi) is 10.3. The van der Waals surface area contributed by atoms with Crippen LogP contribution in [-0.4, -0.2) is 42.1 Å². The van der Waals surface area contributed by atoms with Crippen molar-refractivity contribution in [3.63, 3.8) is 0 Å². The lowest BCUT2D eigenvalue weighted by atomic mass is 10.1. The van der Waals surface area contributed by atoms with Gasteiger partial charge in [0, 0.05) is 23.1 Å². The molecular weight excluding hydrogens is 570 g/mol. The topological polar surface area (TPSA) is 141 Å². The van der Waals surface area contributed by atoms with Crippen LogP contribution in [0.3, 0.4) is 0 Å². The molecule has 1 aromatic heterocycles. The first kappa shape index (κ1) is 30.0. The SMILES string of the molecule is COc1ccc(S(=O)(=O)C(CCCCc2ccccc2)CC(=O)NO)cc1OCc1nnc(-c2ccc(Cl)cc2)o1. The summed E-state index contributed by atoms with van der Waals surface area (Å²) in [6.07, 6.45) is 1.96. The van der Waals surface area contributed by atoms with Crippen molar-refractivity contribution in [1.82, 2.24) is 15.7 Å². The van der Waals surface area contributed by atoms with E-state index in [0.29, 0.717) is 22.8 Å². The lowest BCUT2D eigenvalue weighted by Gasteiger charge is -2.18. The predicted octanol–water partition coefficient (Wildman–Crippen LogP) is 5.43. The molecule has 0 saturated heterocycles. The highest BCUT2D eigenvalue weighted by molar-refractivity contribution is 7.92. The van der Waals surface area contributed by atoms with Gasteiger partial charge in [-0.05, 0) is 61.2 Å².